The maximum absolute atomic E-state index is 12.9. The first-order chi connectivity index (χ1) is 15.0. The summed E-state index contributed by atoms with van der Waals surface area (Å²) in [5.74, 6) is 1.85. The molecule has 2 amide bonds. The number of nitrogens with one attached hydrogen (secondary N) is 1. The monoisotopic (exact) mass is 422 g/mol. The van der Waals surface area contributed by atoms with Crippen molar-refractivity contribution in [3.63, 3.8) is 0 Å². The first-order valence-corrected chi connectivity index (χ1v) is 11.4. The molecule has 0 bridgehead atoms. The van der Waals surface area contributed by atoms with Gasteiger partial charge < -0.3 is 19.4 Å². The van der Waals surface area contributed by atoms with Crippen LogP contribution in [0, 0.1) is 6.92 Å². The van der Waals surface area contributed by atoms with Crippen molar-refractivity contribution in [2.45, 2.75) is 69.4 Å². The predicted octanol–water partition coefficient (Wildman–Crippen LogP) is 4.19. The number of benzene rings is 1. The number of furan rings is 1. The molecule has 1 aliphatic carbocycles. The maximum Gasteiger partial charge on any atom is 0.257 e. The Kier molecular flexibility index (Phi) is 5.24. The fourth-order valence-corrected chi connectivity index (χ4v) is 5.19. The summed E-state index contributed by atoms with van der Waals surface area (Å²) in [5.41, 5.74) is 1.44. The Balaban J connectivity index is 1.29. The number of carbonyl (C=O) groups excluding carboxylic acids is 2. The molecule has 6 nitrogen and oxygen atoms in total. The number of hydrogen-bond donors (Lipinski definition) is 1. The highest BCUT2D eigenvalue weighted by Gasteiger charge is 2.44. The summed E-state index contributed by atoms with van der Waals surface area (Å²) in [6.45, 7) is 3.11. The quantitative estimate of drug-likeness (QED) is 0.802. The summed E-state index contributed by atoms with van der Waals surface area (Å²) >= 11 is 0. The SMILES string of the molecule is Cc1occc1C(=O)N1CCC2(CC1)C[C@H](CC(=O)NC1CCC1)c1ccccc1O2. The lowest BCUT2D eigenvalue weighted by molar-refractivity contribution is -0.123. The number of rotatable bonds is 4. The third-order valence-corrected chi connectivity index (χ3v) is 7.26. The molecule has 1 spiro atoms. The van der Waals surface area contributed by atoms with Crippen molar-refractivity contribution in [2.75, 3.05) is 13.1 Å². The highest BCUT2D eigenvalue weighted by molar-refractivity contribution is 5.95. The molecule has 3 aliphatic rings. The smallest absolute Gasteiger partial charge is 0.257 e. The van der Waals surface area contributed by atoms with Crippen LogP contribution in [0.1, 0.15) is 72.5 Å². The van der Waals surface area contributed by atoms with Gasteiger partial charge >= 0.3 is 0 Å². The number of likely N-dealkylation sites (tertiary alicyclic amines) is 1. The number of hydrogen-bond acceptors (Lipinski definition) is 4. The van der Waals surface area contributed by atoms with E-state index in [1.807, 2.05) is 30.0 Å². The van der Waals surface area contributed by atoms with Crippen LogP contribution < -0.4 is 10.1 Å². The molecule has 1 saturated carbocycles. The number of piperidine rings is 1. The molecule has 1 N–H and O–H groups in total. The van der Waals surface area contributed by atoms with Crippen molar-refractivity contribution < 1.29 is 18.7 Å². The summed E-state index contributed by atoms with van der Waals surface area (Å²) in [6, 6.07) is 10.2. The van der Waals surface area contributed by atoms with E-state index in [0.717, 1.165) is 43.4 Å². The average Bonchev–Trinajstić information content (AvgIpc) is 3.17. The van der Waals surface area contributed by atoms with Gasteiger partial charge in [0.2, 0.25) is 5.91 Å². The molecular formula is C25H30N2O4. The van der Waals surface area contributed by atoms with Crippen LogP contribution >= 0.6 is 0 Å². The second kappa shape index (κ2) is 8.06. The third kappa shape index (κ3) is 3.95. The molecule has 3 heterocycles. The largest absolute Gasteiger partial charge is 0.487 e. The van der Waals surface area contributed by atoms with Crippen molar-refractivity contribution in [1.82, 2.24) is 10.2 Å². The van der Waals surface area contributed by atoms with Crippen molar-refractivity contribution in [2.24, 2.45) is 0 Å². The van der Waals surface area contributed by atoms with Crippen LogP contribution in [0.3, 0.4) is 0 Å². The Morgan fingerprint density at radius 1 is 1.16 bits per heavy atom. The molecule has 1 aromatic carbocycles. The number of carbonyl (C=O) groups is 2. The predicted molar refractivity (Wildman–Crippen MR) is 116 cm³/mol. The van der Waals surface area contributed by atoms with Crippen LogP contribution in [0.25, 0.3) is 0 Å². The highest BCUT2D eigenvalue weighted by atomic mass is 16.5. The molecule has 0 radical (unpaired) electrons. The molecule has 5 rings (SSSR count). The number of ether oxygens (including phenoxy) is 1. The van der Waals surface area contributed by atoms with E-state index in [0.29, 0.717) is 36.9 Å². The standard InChI is InChI=1S/C25H30N2O4/c1-17-20(9-14-30-17)24(29)27-12-10-25(11-13-27)16-18(15-23(28)26-19-5-4-6-19)21-7-2-3-8-22(21)31-25/h2-3,7-9,14,18-19H,4-6,10-13,15-16H2,1H3,(H,26,28)/t18-/m0/s1. The minimum atomic E-state index is -0.321. The zero-order valence-electron chi connectivity index (χ0n) is 18.1. The van der Waals surface area contributed by atoms with Gasteiger partial charge in [-0.2, -0.15) is 0 Å². The minimum absolute atomic E-state index is 0.0220. The average molecular weight is 423 g/mol. The molecule has 31 heavy (non-hydrogen) atoms. The van der Waals surface area contributed by atoms with Gasteiger partial charge in [-0.3, -0.25) is 9.59 Å². The Labute approximate surface area is 182 Å². The Hall–Kier alpha value is -2.76. The Morgan fingerprint density at radius 3 is 2.61 bits per heavy atom. The Morgan fingerprint density at radius 2 is 1.94 bits per heavy atom. The Bertz CT molecular complexity index is 969. The van der Waals surface area contributed by atoms with Crippen molar-refractivity contribution in [3.05, 3.63) is 53.5 Å². The molecule has 6 heteroatoms. The molecule has 1 saturated heterocycles. The van der Waals surface area contributed by atoms with E-state index in [1.165, 1.54) is 6.42 Å². The molecule has 2 fully saturated rings. The molecule has 1 atom stereocenters. The number of nitrogens with zero attached hydrogens (tertiary/aromatic N) is 1. The lowest BCUT2D eigenvalue weighted by Crippen LogP contribution is -2.52. The maximum atomic E-state index is 12.9. The lowest BCUT2D eigenvalue weighted by atomic mass is 9.76. The van der Waals surface area contributed by atoms with E-state index in [1.54, 1.807) is 12.3 Å². The van der Waals surface area contributed by atoms with Crippen LogP contribution in [0.4, 0.5) is 0 Å². The van der Waals surface area contributed by atoms with E-state index in [2.05, 4.69) is 11.4 Å². The van der Waals surface area contributed by atoms with Crippen molar-refractivity contribution in [1.29, 1.82) is 0 Å². The van der Waals surface area contributed by atoms with Gasteiger partial charge in [0.05, 0.1) is 11.8 Å². The van der Waals surface area contributed by atoms with Crippen molar-refractivity contribution >= 4 is 11.8 Å². The van der Waals surface area contributed by atoms with Gasteiger partial charge in [-0.1, -0.05) is 18.2 Å². The summed E-state index contributed by atoms with van der Waals surface area (Å²) in [4.78, 5) is 27.5. The van der Waals surface area contributed by atoms with Crippen LogP contribution in [0.15, 0.2) is 41.0 Å². The van der Waals surface area contributed by atoms with E-state index >= 15 is 0 Å². The fraction of sp³-hybridized carbons (Fsp3) is 0.520. The van der Waals surface area contributed by atoms with E-state index in [9.17, 15) is 9.59 Å². The normalized spacial score (nSPS) is 22.4. The van der Waals surface area contributed by atoms with Crippen LogP contribution in [0.2, 0.25) is 0 Å². The molecule has 2 aromatic rings. The second-order valence-electron chi connectivity index (χ2n) is 9.31. The van der Waals surface area contributed by atoms with Crippen LogP contribution in [-0.2, 0) is 4.79 Å². The first-order valence-electron chi connectivity index (χ1n) is 11.4. The molecule has 164 valence electrons. The fourth-order valence-electron chi connectivity index (χ4n) is 5.19. The van der Waals surface area contributed by atoms with Gasteiger partial charge in [-0.15, -0.1) is 0 Å². The zero-order valence-corrected chi connectivity index (χ0v) is 18.1. The van der Waals surface area contributed by atoms with Crippen molar-refractivity contribution in [3.8, 4) is 5.75 Å². The summed E-state index contributed by atoms with van der Waals surface area (Å²) in [7, 11) is 0. The lowest BCUT2D eigenvalue weighted by Gasteiger charge is -2.47. The summed E-state index contributed by atoms with van der Waals surface area (Å²) in [5, 5.41) is 3.19. The number of amides is 2. The van der Waals surface area contributed by atoms with Crippen LogP contribution in [-0.4, -0.2) is 41.4 Å². The summed E-state index contributed by atoms with van der Waals surface area (Å²) in [6.07, 6.45) is 7.82. The van der Waals surface area contributed by atoms with Gasteiger partial charge in [-0.05, 0) is 50.3 Å². The van der Waals surface area contributed by atoms with Gasteiger partial charge in [0.25, 0.3) is 5.91 Å². The highest BCUT2D eigenvalue weighted by Crippen LogP contribution is 2.46. The van der Waals surface area contributed by atoms with Gasteiger partial charge in [-0.25, -0.2) is 0 Å². The first kappa shape index (κ1) is 20.2. The van der Waals surface area contributed by atoms with Gasteiger partial charge in [0, 0.05) is 44.3 Å². The molecular weight excluding hydrogens is 392 g/mol. The molecule has 0 unspecified atom stereocenters. The number of para-hydroxylation sites is 1. The van der Waals surface area contributed by atoms with Gasteiger partial charge in [0.1, 0.15) is 17.1 Å². The third-order valence-electron chi connectivity index (χ3n) is 7.26. The molecule has 1 aromatic heterocycles. The summed E-state index contributed by atoms with van der Waals surface area (Å²) < 4.78 is 11.8. The number of aryl methyl sites for hydroxylation is 1. The van der Waals surface area contributed by atoms with E-state index < -0.39 is 0 Å². The number of fused-ring (bicyclic) bond motifs is 1. The second-order valence-corrected chi connectivity index (χ2v) is 9.31. The van der Waals surface area contributed by atoms with E-state index in [4.69, 9.17) is 9.15 Å². The molecule has 2 aliphatic heterocycles. The zero-order chi connectivity index (χ0) is 21.4. The van der Waals surface area contributed by atoms with Crippen LogP contribution in [0.5, 0.6) is 5.75 Å². The van der Waals surface area contributed by atoms with Gasteiger partial charge in [0.15, 0.2) is 0 Å². The van der Waals surface area contributed by atoms with E-state index in [-0.39, 0.29) is 23.3 Å². The topological polar surface area (TPSA) is 71.8 Å². The minimum Gasteiger partial charge on any atom is -0.487 e.